The van der Waals surface area contributed by atoms with E-state index in [9.17, 15) is 13.2 Å². The van der Waals surface area contributed by atoms with Gasteiger partial charge in [0.25, 0.3) is 5.91 Å². The molecule has 1 aromatic heterocycles. The van der Waals surface area contributed by atoms with E-state index in [1.165, 1.54) is 0 Å². The molecule has 2 bridgehead atoms. The highest BCUT2D eigenvalue weighted by Crippen LogP contribution is 2.34. The number of sulfone groups is 1. The zero-order valence-corrected chi connectivity index (χ0v) is 10.8. The van der Waals surface area contributed by atoms with Crippen LogP contribution in [0.5, 0.6) is 0 Å². The lowest BCUT2D eigenvalue weighted by atomic mass is 10.2. The van der Waals surface area contributed by atoms with Gasteiger partial charge in [-0.2, -0.15) is 0 Å². The maximum atomic E-state index is 12.2. The van der Waals surface area contributed by atoms with Crippen LogP contribution in [-0.4, -0.2) is 52.4 Å². The molecule has 1 amide bonds. The lowest BCUT2D eigenvalue weighted by molar-refractivity contribution is 0.0750. The van der Waals surface area contributed by atoms with Gasteiger partial charge >= 0.3 is 0 Å². The fourth-order valence-electron chi connectivity index (χ4n) is 2.50. The molecule has 2 atom stereocenters. The predicted octanol–water partition coefficient (Wildman–Crippen LogP) is -0.142. The van der Waals surface area contributed by atoms with Gasteiger partial charge in [0.05, 0.1) is 16.7 Å². The van der Waals surface area contributed by atoms with E-state index >= 15 is 0 Å². The molecule has 1 aromatic rings. The number of hydrogen-bond donors (Lipinski definition) is 0. The van der Waals surface area contributed by atoms with Gasteiger partial charge in [-0.05, 0) is 24.9 Å². The number of rotatable bonds is 1. The highest BCUT2D eigenvalue weighted by atomic mass is 32.2. The van der Waals surface area contributed by atoms with Crippen molar-refractivity contribution in [2.24, 2.45) is 0 Å². The van der Waals surface area contributed by atoms with Crippen molar-refractivity contribution in [3.8, 4) is 0 Å². The molecule has 92 valence electrons. The van der Waals surface area contributed by atoms with E-state index in [0.717, 1.165) is 11.5 Å². The van der Waals surface area contributed by atoms with E-state index in [0.29, 0.717) is 23.5 Å². The van der Waals surface area contributed by atoms with Crippen LogP contribution in [0.25, 0.3) is 0 Å². The van der Waals surface area contributed by atoms with Crippen molar-refractivity contribution in [3.63, 3.8) is 0 Å². The van der Waals surface area contributed by atoms with Gasteiger partial charge in [-0.15, -0.1) is 5.10 Å². The first-order valence-corrected chi connectivity index (χ1v) is 7.79. The Morgan fingerprint density at radius 1 is 1.53 bits per heavy atom. The topological polar surface area (TPSA) is 80.2 Å². The average molecular weight is 273 g/mol. The molecule has 3 heterocycles. The van der Waals surface area contributed by atoms with E-state index in [1.807, 2.05) is 0 Å². The fourth-order valence-corrected chi connectivity index (χ4v) is 5.14. The quantitative estimate of drug-likeness (QED) is 0.711. The number of aryl methyl sites for hydroxylation is 1. The minimum absolute atomic E-state index is 0.106. The van der Waals surface area contributed by atoms with Crippen LogP contribution in [0.4, 0.5) is 0 Å². The molecule has 2 saturated heterocycles. The van der Waals surface area contributed by atoms with Crippen LogP contribution in [-0.2, 0) is 9.84 Å². The van der Waals surface area contributed by atoms with Crippen molar-refractivity contribution in [1.29, 1.82) is 0 Å². The maximum Gasteiger partial charge on any atom is 0.267 e. The molecule has 2 aliphatic rings. The molecule has 0 N–H and O–H groups in total. The van der Waals surface area contributed by atoms with Gasteiger partial charge in [0, 0.05) is 12.6 Å². The molecule has 8 heteroatoms. The first kappa shape index (κ1) is 11.1. The summed E-state index contributed by atoms with van der Waals surface area (Å²) in [7, 11) is -2.95. The molecule has 2 unspecified atom stereocenters. The van der Waals surface area contributed by atoms with Gasteiger partial charge in [0.15, 0.2) is 9.84 Å². The van der Waals surface area contributed by atoms with Gasteiger partial charge in [-0.1, -0.05) is 4.49 Å². The van der Waals surface area contributed by atoms with E-state index in [-0.39, 0.29) is 23.0 Å². The highest BCUT2D eigenvalue weighted by molar-refractivity contribution is 7.92. The molecule has 2 aliphatic heterocycles. The third kappa shape index (κ3) is 1.58. The number of fused-ring (bicyclic) bond motifs is 2. The Hall–Kier alpha value is -1.02. The predicted molar refractivity (Wildman–Crippen MR) is 61.7 cm³/mol. The molecule has 2 fully saturated rings. The second kappa shape index (κ2) is 3.49. The summed E-state index contributed by atoms with van der Waals surface area (Å²) in [5, 5.41) is 3.44. The van der Waals surface area contributed by atoms with Gasteiger partial charge in [0.1, 0.15) is 4.88 Å². The molecular weight excluding hydrogens is 262 g/mol. The Labute approximate surface area is 103 Å². The van der Waals surface area contributed by atoms with Crippen molar-refractivity contribution in [2.75, 3.05) is 12.3 Å². The van der Waals surface area contributed by atoms with Crippen LogP contribution in [0.15, 0.2) is 0 Å². The number of carbonyl (C=O) groups excluding carboxylic acids is 1. The number of nitrogens with zero attached hydrogens (tertiary/aromatic N) is 3. The summed E-state index contributed by atoms with van der Waals surface area (Å²) in [4.78, 5) is 14.4. The van der Waals surface area contributed by atoms with Gasteiger partial charge in [-0.3, -0.25) is 4.79 Å². The summed E-state index contributed by atoms with van der Waals surface area (Å²) in [5.41, 5.74) is 0.616. The van der Waals surface area contributed by atoms with Crippen LogP contribution in [0.3, 0.4) is 0 Å². The number of carbonyl (C=O) groups is 1. The molecule has 6 nitrogen and oxygen atoms in total. The molecule has 0 aromatic carbocycles. The normalized spacial score (nSPS) is 29.8. The van der Waals surface area contributed by atoms with Crippen LogP contribution in [0.1, 0.15) is 21.8 Å². The molecule has 3 rings (SSSR count). The number of hydrogen-bond acceptors (Lipinski definition) is 6. The number of amides is 1. The summed E-state index contributed by atoms with van der Waals surface area (Å²) in [6, 6.07) is -0.154. The molecule has 0 saturated carbocycles. The zero-order valence-electron chi connectivity index (χ0n) is 9.16. The minimum atomic E-state index is -2.95. The third-order valence-electron chi connectivity index (χ3n) is 3.42. The zero-order chi connectivity index (χ0) is 12.2. The monoisotopic (exact) mass is 273 g/mol. The summed E-state index contributed by atoms with van der Waals surface area (Å²) in [6.45, 7) is 2.06. The standard InChI is InChI=1S/C9H11N3O3S2/c1-5-8(16-11-10-5)9(13)12-3-7-2-6(12)4-17(7,14)15/h6-7H,2-4H2,1H3. The third-order valence-corrected chi connectivity index (χ3v) is 6.44. The molecule has 17 heavy (non-hydrogen) atoms. The molecule has 0 spiro atoms. The van der Waals surface area contributed by atoms with E-state index in [4.69, 9.17) is 0 Å². The second-order valence-electron chi connectivity index (χ2n) is 4.49. The van der Waals surface area contributed by atoms with Crippen LogP contribution in [0.2, 0.25) is 0 Å². The van der Waals surface area contributed by atoms with E-state index in [2.05, 4.69) is 9.59 Å². The largest absolute Gasteiger partial charge is 0.332 e. The molecule has 0 radical (unpaired) electrons. The fraction of sp³-hybridized carbons (Fsp3) is 0.667. The lowest BCUT2D eigenvalue weighted by Gasteiger charge is -2.26. The van der Waals surface area contributed by atoms with Crippen LogP contribution in [0, 0.1) is 6.92 Å². The van der Waals surface area contributed by atoms with Crippen LogP contribution < -0.4 is 0 Å². The summed E-state index contributed by atoms with van der Waals surface area (Å²) < 4.78 is 26.9. The lowest BCUT2D eigenvalue weighted by Crippen LogP contribution is -2.44. The first-order valence-electron chi connectivity index (χ1n) is 5.30. The van der Waals surface area contributed by atoms with Crippen molar-refractivity contribution >= 4 is 27.3 Å². The van der Waals surface area contributed by atoms with Crippen molar-refractivity contribution < 1.29 is 13.2 Å². The van der Waals surface area contributed by atoms with E-state index < -0.39 is 9.84 Å². The Morgan fingerprint density at radius 3 is 2.76 bits per heavy atom. The maximum absolute atomic E-state index is 12.2. The first-order chi connectivity index (χ1) is 7.99. The molecular formula is C9H11N3O3S2. The average Bonchev–Trinajstić information content (AvgIpc) is 2.89. The Kier molecular flexibility index (Phi) is 2.27. The van der Waals surface area contributed by atoms with E-state index in [1.54, 1.807) is 11.8 Å². The number of likely N-dealkylation sites (tertiary alicyclic amines) is 1. The Morgan fingerprint density at radius 2 is 2.29 bits per heavy atom. The summed E-state index contributed by atoms with van der Waals surface area (Å²) in [5.74, 6) is -0.0193. The highest BCUT2D eigenvalue weighted by Gasteiger charge is 2.50. The number of aromatic nitrogens is 2. The second-order valence-corrected chi connectivity index (χ2v) is 7.57. The molecule has 0 aliphatic carbocycles. The summed E-state index contributed by atoms with van der Waals surface area (Å²) >= 11 is 1.07. The van der Waals surface area contributed by atoms with Crippen LogP contribution >= 0.6 is 11.5 Å². The van der Waals surface area contributed by atoms with Crippen molar-refractivity contribution in [1.82, 2.24) is 14.5 Å². The van der Waals surface area contributed by atoms with Crippen molar-refractivity contribution in [3.05, 3.63) is 10.6 Å². The minimum Gasteiger partial charge on any atom is -0.332 e. The van der Waals surface area contributed by atoms with Gasteiger partial charge in [-0.25, -0.2) is 8.42 Å². The summed E-state index contributed by atoms with van der Waals surface area (Å²) in [6.07, 6.45) is 0.583. The Balaban J connectivity index is 1.86. The Bertz CT molecular complexity index is 580. The SMILES string of the molecule is Cc1nnsc1C(=O)N1CC2CC1CS2(=O)=O. The van der Waals surface area contributed by atoms with Gasteiger partial charge in [0.2, 0.25) is 0 Å². The van der Waals surface area contributed by atoms with Crippen molar-refractivity contribution in [2.45, 2.75) is 24.6 Å². The van der Waals surface area contributed by atoms with Gasteiger partial charge < -0.3 is 4.90 Å². The smallest absolute Gasteiger partial charge is 0.267 e.